The molecule has 0 fully saturated rings. The highest BCUT2D eigenvalue weighted by molar-refractivity contribution is 5.46. The zero-order chi connectivity index (χ0) is 11.5. The van der Waals surface area contributed by atoms with E-state index in [-0.39, 0.29) is 0 Å². The minimum atomic E-state index is 0.292. The molecular formula is C10H13N5O. The maximum absolute atomic E-state index is 5.66. The summed E-state index contributed by atoms with van der Waals surface area (Å²) in [5.41, 5.74) is 6.06. The smallest absolute Gasteiger partial charge is 0.245 e. The third-order valence-electron chi connectivity index (χ3n) is 2.02. The summed E-state index contributed by atoms with van der Waals surface area (Å²) < 4.78 is 7.28. The van der Waals surface area contributed by atoms with E-state index >= 15 is 0 Å². The van der Waals surface area contributed by atoms with Gasteiger partial charge in [-0.2, -0.15) is 10.1 Å². The summed E-state index contributed by atoms with van der Waals surface area (Å²) in [5.74, 6) is 0.956. The van der Waals surface area contributed by atoms with E-state index in [1.807, 2.05) is 13.8 Å². The van der Waals surface area contributed by atoms with E-state index in [4.69, 9.17) is 10.5 Å². The SMILES string of the molecule is CC(C)n1cc(Oc2ncncc2N)cn1. The number of rotatable bonds is 3. The molecule has 0 amide bonds. The van der Waals surface area contributed by atoms with Crippen molar-refractivity contribution in [1.82, 2.24) is 19.7 Å². The van der Waals surface area contributed by atoms with E-state index in [9.17, 15) is 0 Å². The Morgan fingerprint density at radius 2 is 2.19 bits per heavy atom. The number of hydrogen-bond donors (Lipinski definition) is 1. The molecule has 2 N–H and O–H groups in total. The highest BCUT2D eigenvalue weighted by Crippen LogP contribution is 2.23. The standard InChI is InChI=1S/C10H13N5O/c1-7(2)15-5-8(3-14-15)16-10-9(11)4-12-6-13-10/h3-7H,11H2,1-2H3. The first-order chi connectivity index (χ1) is 7.66. The van der Waals surface area contributed by atoms with Crippen molar-refractivity contribution >= 4 is 5.69 Å². The second-order valence-electron chi connectivity index (χ2n) is 3.64. The molecule has 0 aliphatic carbocycles. The number of ether oxygens (including phenoxy) is 1. The van der Waals surface area contributed by atoms with Gasteiger partial charge in [0.25, 0.3) is 0 Å². The molecule has 0 saturated carbocycles. The van der Waals surface area contributed by atoms with Crippen LogP contribution in [-0.2, 0) is 0 Å². The Bertz CT molecular complexity index is 480. The lowest BCUT2D eigenvalue weighted by Gasteiger charge is -2.04. The van der Waals surface area contributed by atoms with Gasteiger partial charge < -0.3 is 10.5 Å². The molecule has 2 heterocycles. The second kappa shape index (κ2) is 4.18. The van der Waals surface area contributed by atoms with Gasteiger partial charge in [-0.15, -0.1) is 0 Å². The Labute approximate surface area is 93.1 Å². The number of aromatic nitrogens is 4. The van der Waals surface area contributed by atoms with Crippen LogP contribution in [0.15, 0.2) is 24.9 Å². The van der Waals surface area contributed by atoms with Crippen molar-refractivity contribution in [2.24, 2.45) is 0 Å². The van der Waals surface area contributed by atoms with Gasteiger partial charge in [0.15, 0.2) is 5.75 Å². The van der Waals surface area contributed by atoms with Gasteiger partial charge in [0, 0.05) is 6.04 Å². The number of anilines is 1. The number of nitrogens with zero attached hydrogens (tertiary/aromatic N) is 4. The van der Waals surface area contributed by atoms with Crippen LogP contribution in [0.1, 0.15) is 19.9 Å². The molecule has 84 valence electrons. The first kappa shape index (κ1) is 10.4. The summed E-state index contributed by atoms with van der Waals surface area (Å²) >= 11 is 0. The van der Waals surface area contributed by atoms with Gasteiger partial charge in [-0.05, 0) is 13.8 Å². The zero-order valence-corrected chi connectivity index (χ0v) is 9.16. The van der Waals surface area contributed by atoms with Gasteiger partial charge >= 0.3 is 0 Å². The molecule has 2 aromatic heterocycles. The fourth-order valence-electron chi connectivity index (χ4n) is 1.18. The average Bonchev–Trinajstić information content (AvgIpc) is 2.70. The monoisotopic (exact) mass is 219 g/mol. The van der Waals surface area contributed by atoms with Gasteiger partial charge in [-0.25, -0.2) is 4.98 Å². The minimum absolute atomic E-state index is 0.292. The van der Waals surface area contributed by atoms with Crippen LogP contribution in [0.5, 0.6) is 11.6 Å². The molecule has 0 unspecified atom stereocenters. The molecule has 0 atom stereocenters. The first-order valence-corrected chi connectivity index (χ1v) is 4.94. The Morgan fingerprint density at radius 1 is 1.38 bits per heavy atom. The van der Waals surface area contributed by atoms with Crippen LogP contribution in [0.25, 0.3) is 0 Å². The molecule has 16 heavy (non-hydrogen) atoms. The Hall–Kier alpha value is -2.11. The summed E-state index contributed by atoms with van der Waals surface area (Å²) in [5, 5.41) is 4.15. The van der Waals surface area contributed by atoms with Crippen molar-refractivity contribution in [1.29, 1.82) is 0 Å². The van der Waals surface area contributed by atoms with Crippen LogP contribution in [0, 0.1) is 0 Å². The molecule has 0 radical (unpaired) electrons. The van der Waals surface area contributed by atoms with E-state index < -0.39 is 0 Å². The quantitative estimate of drug-likeness (QED) is 0.848. The molecule has 0 aliphatic rings. The molecule has 0 saturated heterocycles. The van der Waals surface area contributed by atoms with Crippen molar-refractivity contribution in [2.45, 2.75) is 19.9 Å². The van der Waals surface area contributed by atoms with Crippen LogP contribution in [0.4, 0.5) is 5.69 Å². The predicted molar refractivity (Wildman–Crippen MR) is 59.1 cm³/mol. The normalized spacial score (nSPS) is 10.7. The molecule has 0 spiro atoms. The molecular weight excluding hydrogens is 206 g/mol. The van der Waals surface area contributed by atoms with Crippen LogP contribution in [0.2, 0.25) is 0 Å². The first-order valence-electron chi connectivity index (χ1n) is 4.94. The Balaban J connectivity index is 2.18. The molecule has 0 aliphatic heterocycles. The number of hydrogen-bond acceptors (Lipinski definition) is 5. The fourth-order valence-corrected chi connectivity index (χ4v) is 1.18. The number of nitrogens with two attached hydrogens (primary N) is 1. The highest BCUT2D eigenvalue weighted by Gasteiger charge is 2.06. The fraction of sp³-hybridized carbons (Fsp3) is 0.300. The van der Waals surface area contributed by atoms with Crippen LogP contribution < -0.4 is 10.5 Å². The van der Waals surface area contributed by atoms with Crippen molar-refractivity contribution in [3.05, 3.63) is 24.9 Å². The molecule has 0 aromatic carbocycles. The van der Waals surface area contributed by atoms with Crippen molar-refractivity contribution in [3.63, 3.8) is 0 Å². The predicted octanol–water partition coefficient (Wildman–Crippen LogP) is 1.63. The Kier molecular flexibility index (Phi) is 2.72. The van der Waals surface area contributed by atoms with E-state index in [0.717, 1.165) is 0 Å². The lowest BCUT2D eigenvalue weighted by atomic mass is 10.4. The van der Waals surface area contributed by atoms with E-state index in [2.05, 4.69) is 15.1 Å². The summed E-state index contributed by atoms with van der Waals surface area (Å²) in [6.07, 6.45) is 6.31. The van der Waals surface area contributed by atoms with Gasteiger partial charge in [0.05, 0.1) is 18.6 Å². The molecule has 0 bridgehead atoms. The van der Waals surface area contributed by atoms with Gasteiger partial charge in [0.2, 0.25) is 5.88 Å². The maximum Gasteiger partial charge on any atom is 0.245 e. The van der Waals surface area contributed by atoms with E-state index in [1.54, 1.807) is 17.1 Å². The summed E-state index contributed by atoms with van der Waals surface area (Å²) in [6.45, 7) is 4.08. The second-order valence-corrected chi connectivity index (χ2v) is 3.64. The molecule has 2 aromatic rings. The van der Waals surface area contributed by atoms with Gasteiger partial charge in [-0.1, -0.05) is 0 Å². The molecule has 6 heteroatoms. The van der Waals surface area contributed by atoms with Gasteiger partial charge in [-0.3, -0.25) is 4.68 Å². The average molecular weight is 219 g/mol. The highest BCUT2D eigenvalue weighted by atomic mass is 16.5. The topological polar surface area (TPSA) is 78.8 Å². The third kappa shape index (κ3) is 2.10. The maximum atomic E-state index is 5.66. The van der Waals surface area contributed by atoms with Crippen LogP contribution >= 0.6 is 0 Å². The minimum Gasteiger partial charge on any atom is -0.434 e. The van der Waals surface area contributed by atoms with Crippen molar-refractivity contribution in [3.8, 4) is 11.6 Å². The largest absolute Gasteiger partial charge is 0.434 e. The molecule has 6 nitrogen and oxygen atoms in total. The van der Waals surface area contributed by atoms with E-state index in [1.165, 1.54) is 12.5 Å². The third-order valence-corrected chi connectivity index (χ3v) is 2.02. The zero-order valence-electron chi connectivity index (χ0n) is 9.16. The summed E-state index contributed by atoms with van der Waals surface area (Å²) in [7, 11) is 0. The van der Waals surface area contributed by atoms with E-state index in [0.29, 0.717) is 23.4 Å². The molecule has 2 rings (SSSR count). The van der Waals surface area contributed by atoms with Crippen LogP contribution in [-0.4, -0.2) is 19.7 Å². The van der Waals surface area contributed by atoms with Gasteiger partial charge in [0.1, 0.15) is 12.0 Å². The van der Waals surface area contributed by atoms with Crippen molar-refractivity contribution in [2.75, 3.05) is 5.73 Å². The van der Waals surface area contributed by atoms with Crippen LogP contribution in [0.3, 0.4) is 0 Å². The number of nitrogen functional groups attached to an aromatic ring is 1. The van der Waals surface area contributed by atoms with Crippen molar-refractivity contribution < 1.29 is 4.74 Å². The lowest BCUT2D eigenvalue weighted by Crippen LogP contribution is -1.99. The Morgan fingerprint density at radius 3 is 2.81 bits per heavy atom. The lowest BCUT2D eigenvalue weighted by molar-refractivity contribution is 0.460. The summed E-state index contributed by atoms with van der Waals surface area (Å²) in [6, 6.07) is 0.292. The summed E-state index contributed by atoms with van der Waals surface area (Å²) in [4.78, 5) is 7.72.